The SMILES string of the molecule is COc1cc(C)c(S(=O)(=O)N(C)CCOCC(C)(C)OC(C)=O)c(C)c1C. The summed E-state index contributed by atoms with van der Waals surface area (Å²) in [4.78, 5) is 11.3. The van der Waals surface area contributed by atoms with Gasteiger partial charge in [0, 0.05) is 20.5 Å². The third kappa shape index (κ3) is 5.92. The lowest BCUT2D eigenvalue weighted by atomic mass is 10.1. The quantitative estimate of drug-likeness (QED) is 0.467. The minimum atomic E-state index is -3.67. The molecule has 0 amide bonds. The van der Waals surface area contributed by atoms with Gasteiger partial charge in [-0.05, 0) is 57.4 Å². The number of rotatable bonds is 9. The van der Waals surface area contributed by atoms with Crippen LogP contribution < -0.4 is 4.74 Å². The molecule has 0 saturated carbocycles. The molecule has 0 aliphatic carbocycles. The molecule has 1 aromatic carbocycles. The molecule has 8 heteroatoms. The summed E-state index contributed by atoms with van der Waals surface area (Å²) < 4.78 is 43.3. The highest BCUT2D eigenvalue weighted by atomic mass is 32.2. The van der Waals surface area contributed by atoms with Gasteiger partial charge in [0.1, 0.15) is 11.4 Å². The maximum absolute atomic E-state index is 13.0. The molecule has 0 atom stereocenters. The molecular formula is C19H31NO6S. The molecule has 154 valence electrons. The monoisotopic (exact) mass is 401 g/mol. The smallest absolute Gasteiger partial charge is 0.303 e. The van der Waals surface area contributed by atoms with Gasteiger partial charge in [-0.15, -0.1) is 0 Å². The van der Waals surface area contributed by atoms with Crippen LogP contribution >= 0.6 is 0 Å². The first kappa shape index (κ1) is 23.4. The zero-order chi connectivity index (χ0) is 21.0. The van der Waals surface area contributed by atoms with E-state index in [2.05, 4.69) is 0 Å². The standard InChI is InChI=1S/C19H31NO6S/c1-13-11-17(24-8)14(2)15(3)18(13)27(22,23)20(7)9-10-25-12-19(5,6)26-16(4)21/h11H,9-10,12H2,1-8H3. The molecule has 0 spiro atoms. The summed E-state index contributed by atoms with van der Waals surface area (Å²) in [5.41, 5.74) is 1.35. The van der Waals surface area contributed by atoms with Crippen LogP contribution in [0.1, 0.15) is 37.5 Å². The molecule has 0 aliphatic rings. The maximum atomic E-state index is 13.0. The number of likely N-dealkylation sites (N-methyl/N-ethyl adjacent to an activating group) is 1. The molecule has 0 saturated heterocycles. The van der Waals surface area contributed by atoms with Crippen LogP contribution in [-0.2, 0) is 24.3 Å². The Morgan fingerprint density at radius 2 is 1.78 bits per heavy atom. The van der Waals surface area contributed by atoms with Crippen molar-refractivity contribution in [1.29, 1.82) is 0 Å². The topological polar surface area (TPSA) is 82.1 Å². The predicted octanol–water partition coefficient (Wildman–Crippen LogP) is 2.60. The second-order valence-electron chi connectivity index (χ2n) is 7.21. The van der Waals surface area contributed by atoms with E-state index in [0.29, 0.717) is 21.8 Å². The summed E-state index contributed by atoms with van der Waals surface area (Å²) in [5.74, 6) is 0.284. The van der Waals surface area contributed by atoms with Gasteiger partial charge in [-0.1, -0.05) is 0 Å². The van der Waals surface area contributed by atoms with E-state index < -0.39 is 15.6 Å². The lowest BCUT2D eigenvalue weighted by Crippen LogP contribution is -2.35. The van der Waals surface area contributed by atoms with E-state index in [1.807, 2.05) is 6.92 Å². The third-order valence-corrected chi connectivity index (χ3v) is 6.43. The fourth-order valence-corrected chi connectivity index (χ4v) is 4.47. The Morgan fingerprint density at radius 3 is 2.30 bits per heavy atom. The summed E-state index contributed by atoms with van der Waals surface area (Å²) in [5, 5.41) is 0. The number of hydrogen-bond acceptors (Lipinski definition) is 6. The Morgan fingerprint density at radius 1 is 1.19 bits per heavy atom. The number of carbonyl (C=O) groups is 1. The number of aryl methyl sites for hydroxylation is 1. The van der Waals surface area contributed by atoms with Gasteiger partial charge in [0.2, 0.25) is 10.0 Å². The molecule has 0 N–H and O–H groups in total. The Bertz CT molecular complexity index is 786. The molecule has 1 rings (SSSR count). The van der Waals surface area contributed by atoms with Gasteiger partial charge >= 0.3 is 5.97 Å². The first-order valence-corrected chi connectivity index (χ1v) is 10.2. The maximum Gasteiger partial charge on any atom is 0.303 e. The van der Waals surface area contributed by atoms with Crippen LogP contribution in [0.2, 0.25) is 0 Å². The minimum Gasteiger partial charge on any atom is -0.496 e. The second-order valence-corrected chi connectivity index (χ2v) is 9.19. The lowest BCUT2D eigenvalue weighted by molar-refractivity contribution is -0.159. The van der Waals surface area contributed by atoms with E-state index in [4.69, 9.17) is 14.2 Å². The van der Waals surface area contributed by atoms with E-state index in [1.165, 1.54) is 18.3 Å². The first-order chi connectivity index (χ1) is 12.3. The normalized spacial score (nSPS) is 12.3. The zero-order valence-corrected chi connectivity index (χ0v) is 18.3. The average molecular weight is 402 g/mol. The summed E-state index contributed by atoms with van der Waals surface area (Å²) in [6.07, 6.45) is 0. The molecule has 1 aromatic rings. The van der Waals surface area contributed by atoms with Crippen LogP contribution in [0.15, 0.2) is 11.0 Å². The average Bonchev–Trinajstić information content (AvgIpc) is 2.53. The van der Waals surface area contributed by atoms with Gasteiger partial charge in [-0.3, -0.25) is 4.79 Å². The van der Waals surface area contributed by atoms with Crippen LogP contribution in [0, 0.1) is 20.8 Å². The van der Waals surface area contributed by atoms with E-state index in [1.54, 1.807) is 40.9 Å². The van der Waals surface area contributed by atoms with E-state index in [9.17, 15) is 13.2 Å². The highest BCUT2D eigenvalue weighted by Gasteiger charge is 2.27. The fraction of sp³-hybridized carbons (Fsp3) is 0.632. The van der Waals surface area contributed by atoms with Crippen molar-refractivity contribution in [3.63, 3.8) is 0 Å². The van der Waals surface area contributed by atoms with Crippen molar-refractivity contribution in [3.05, 3.63) is 22.8 Å². The van der Waals surface area contributed by atoms with Gasteiger partial charge in [-0.2, -0.15) is 4.31 Å². The largest absolute Gasteiger partial charge is 0.496 e. The van der Waals surface area contributed by atoms with Crippen LogP contribution in [0.3, 0.4) is 0 Å². The van der Waals surface area contributed by atoms with Gasteiger partial charge < -0.3 is 14.2 Å². The first-order valence-electron chi connectivity index (χ1n) is 8.72. The second kappa shape index (κ2) is 9.03. The number of esters is 1. The summed E-state index contributed by atoms with van der Waals surface area (Å²) in [7, 11) is -0.583. The number of hydrogen-bond donors (Lipinski definition) is 0. The third-order valence-electron chi connectivity index (χ3n) is 4.29. The molecule has 27 heavy (non-hydrogen) atoms. The highest BCUT2D eigenvalue weighted by molar-refractivity contribution is 7.89. The molecule has 7 nitrogen and oxygen atoms in total. The van der Waals surface area contributed by atoms with Crippen molar-refractivity contribution >= 4 is 16.0 Å². The molecule has 0 radical (unpaired) electrons. The zero-order valence-electron chi connectivity index (χ0n) is 17.5. The summed E-state index contributed by atoms with van der Waals surface area (Å²) in [6, 6.07) is 1.74. The summed E-state index contributed by atoms with van der Waals surface area (Å²) >= 11 is 0. The number of nitrogens with zero attached hydrogens (tertiary/aromatic N) is 1. The summed E-state index contributed by atoms with van der Waals surface area (Å²) in [6.45, 7) is 10.7. The molecule has 0 unspecified atom stereocenters. The van der Waals surface area contributed by atoms with E-state index >= 15 is 0 Å². The number of benzene rings is 1. The van der Waals surface area contributed by atoms with E-state index in [0.717, 1.165) is 5.56 Å². The van der Waals surface area contributed by atoms with Gasteiger partial charge in [0.15, 0.2) is 0 Å². The van der Waals surface area contributed by atoms with Crippen LogP contribution in [-0.4, -0.2) is 58.2 Å². The Hall–Kier alpha value is -1.64. The minimum absolute atomic E-state index is 0.181. The number of ether oxygens (including phenoxy) is 3. The Balaban J connectivity index is 2.85. The van der Waals surface area contributed by atoms with Gasteiger partial charge in [0.25, 0.3) is 0 Å². The molecule has 0 heterocycles. The predicted molar refractivity (Wildman–Crippen MR) is 104 cm³/mol. The molecular weight excluding hydrogens is 370 g/mol. The van der Waals surface area contributed by atoms with Crippen molar-refractivity contribution in [2.75, 3.05) is 33.9 Å². The van der Waals surface area contributed by atoms with Crippen LogP contribution in [0.5, 0.6) is 5.75 Å². The highest BCUT2D eigenvalue weighted by Crippen LogP contribution is 2.31. The number of sulfonamides is 1. The van der Waals surface area contributed by atoms with Crippen molar-refractivity contribution < 1.29 is 27.4 Å². The van der Waals surface area contributed by atoms with Crippen LogP contribution in [0.4, 0.5) is 0 Å². The number of carbonyl (C=O) groups excluding carboxylic acids is 1. The fourth-order valence-electron chi connectivity index (χ4n) is 2.84. The van der Waals surface area contributed by atoms with Crippen molar-refractivity contribution in [3.8, 4) is 5.75 Å². The molecule has 0 aromatic heterocycles. The van der Waals surface area contributed by atoms with Crippen molar-refractivity contribution in [1.82, 2.24) is 4.31 Å². The van der Waals surface area contributed by atoms with E-state index in [-0.39, 0.29) is 25.7 Å². The number of methoxy groups -OCH3 is 1. The molecule has 0 bridgehead atoms. The molecule has 0 aliphatic heterocycles. The van der Waals surface area contributed by atoms with Crippen LogP contribution in [0.25, 0.3) is 0 Å². The lowest BCUT2D eigenvalue weighted by Gasteiger charge is -2.25. The van der Waals surface area contributed by atoms with Gasteiger partial charge in [-0.25, -0.2) is 8.42 Å². The van der Waals surface area contributed by atoms with Crippen molar-refractivity contribution in [2.45, 2.75) is 52.0 Å². The molecule has 0 fully saturated rings. The van der Waals surface area contributed by atoms with Gasteiger partial charge in [0.05, 0.1) is 25.2 Å². The van der Waals surface area contributed by atoms with Crippen molar-refractivity contribution in [2.24, 2.45) is 0 Å². The Labute approximate surface area is 162 Å². The Kier molecular flexibility index (Phi) is 7.83.